The van der Waals surface area contributed by atoms with E-state index in [1.807, 2.05) is 6.92 Å². The number of urea groups is 1. The largest absolute Gasteiger partial charge is 0.463 e. The van der Waals surface area contributed by atoms with Gasteiger partial charge >= 0.3 is 18.0 Å². The molecule has 2 amide bonds. The molecule has 1 aromatic rings. The summed E-state index contributed by atoms with van der Waals surface area (Å²) in [4.78, 5) is 36.2. The molecule has 0 saturated heterocycles. The van der Waals surface area contributed by atoms with Gasteiger partial charge in [-0.25, -0.2) is 14.4 Å². The first kappa shape index (κ1) is 17.0. The van der Waals surface area contributed by atoms with Crippen LogP contribution in [0.15, 0.2) is 28.8 Å². The molecule has 1 aliphatic rings. The monoisotopic (exact) mass is 338 g/mol. The lowest BCUT2D eigenvalue weighted by Gasteiger charge is -2.28. The van der Waals surface area contributed by atoms with Crippen LogP contribution in [0.4, 0.5) is 4.79 Å². The van der Waals surface area contributed by atoms with Crippen molar-refractivity contribution in [3.05, 3.63) is 33.7 Å². The lowest BCUT2D eigenvalue weighted by Crippen LogP contribution is -2.51. The molecule has 0 radical (unpaired) electrons. The third-order valence-corrected chi connectivity index (χ3v) is 4.07. The third kappa shape index (κ3) is 4.10. The van der Waals surface area contributed by atoms with Gasteiger partial charge in [0.15, 0.2) is 0 Å². The minimum atomic E-state index is -0.533. The number of rotatable bonds is 6. The van der Waals surface area contributed by atoms with Gasteiger partial charge in [0.05, 0.1) is 23.9 Å². The van der Waals surface area contributed by atoms with E-state index in [0.29, 0.717) is 11.3 Å². The van der Waals surface area contributed by atoms with E-state index < -0.39 is 24.0 Å². The van der Waals surface area contributed by atoms with Crippen LogP contribution in [0.5, 0.6) is 0 Å². The third-order valence-electron chi connectivity index (χ3n) is 3.22. The van der Waals surface area contributed by atoms with E-state index >= 15 is 0 Å². The highest BCUT2D eigenvalue weighted by Gasteiger charge is 2.32. The van der Waals surface area contributed by atoms with Crippen molar-refractivity contribution in [2.45, 2.75) is 26.3 Å². The molecule has 1 atom stereocenters. The van der Waals surface area contributed by atoms with Gasteiger partial charge in [0.1, 0.15) is 11.5 Å². The molecule has 8 heteroatoms. The van der Waals surface area contributed by atoms with E-state index in [2.05, 4.69) is 10.6 Å². The van der Waals surface area contributed by atoms with E-state index in [-0.39, 0.29) is 24.5 Å². The zero-order chi connectivity index (χ0) is 16.8. The van der Waals surface area contributed by atoms with Crippen molar-refractivity contribution in [1.82, 2.24) is 10.6 Å². The van der Waals surface area contributed by atoms with Gasteiger partial charge in [-0.15, -0.1) is 11.3 Å². The van der Waals surface area contributed by atoms with Crippen LogP contribution < -0.4 is 10.6 Å². The van der Waals surface area contributed by atoms with Crippen LogP contribution >= 0.6 is 11.3 Å². The van der Waals surface area contributed by atoms with Gasteiger partial charge < -0.3 is 20.1 Å². The van der Waals surface area contributed by atoms with Crippen molar-refractivity contribution in [2.75, 3.05) is 13.2 Å². The SMILES string of the molecule is CCOC(=O)C1=C(COC(=O)c2cccs2)NC(=O)N[C@@H]1CC. The number of nitrogens with one attached hydrogen (secondary N) is 2. The number of hydrogen-bond donors (Lipinski definition) is 2. The molecule has 1 aliphatic heterocycles. The first-order valence-corrected chi connectivity index (χ1v) is 8.13. The summed E-state index contributed by atoms with van der Waals surface area (Å²) in [5.41, 5.74) is 0.539. The Balaban J connectivity index is 2.19. The maximum atomic E-state index is 12.1. The highest BCUT2D eigenvalue weighted by atomic mass is 32.1. The molecule has 2 heterocycles. The number of esters is 2. The van der Waals surface area contributed by atoms with Gasteiger partial charge in [-0.2, -0.15) is 0 Å². The zero-order valence-electron chi connectivity index (χ0n) is 12.9. The minimum Gasteiger partial charge on any atom is -0.463 e. The topological polar surface area (TPSA) is 93.7 Å². The van der Waals surface area contributed by atoms with E-state index in [0.717, 1.165) is 0 Å². The highest BCUT2D eigenvalue weighted by Crippen LogP contribution is 2.18. The number of thiophene rings is 1. The molecular formula is C15H18N2O5S. The molecule has 0 saturated carbocycles. The van der Waals surface area contributed by atoms with Crippen LogP contribution in [0.2, 0.25) is 0 Å². The lowest BCUT2D eigenvalue weighted by atomic mass is 10.0. The first-order valence-electron chi connectivity index (χ1n) is 7.25. The van der Waals surface area contributed by atoms with Crippen molar-refractivity contribution in [1.29, 1.82) is 0 Å². The molecule has 0 bridgehead atoms. The van der Waals surface area contributed by atoms with Crippen LogP contribution in [0.1, 0.15) is 29.9 Å². The molecule has 0 fully saturated rings. The van der Waals surface area contributed by atoms with Crippen molar-refractivity contribution in [3.63, 3.8) is 0 Å². The van der Waals surface area contributed by atoms with E-state index in [9.17, 15) is 14.4 Å². The van der Waals surface area contributed by atoms with E-state index in [4.69, 9.17) is 9.47 Å². The van der Waals surface area contributed by atoms with Gasteiger partial charge in [-0.1, -0.05) is 13.0 Å². The lowest BCUT2D eigenvalue weighted by molar-refractivity contribution is -0.139. The second-order valence-electron chi connectivity index (χ2n) is 4.73. The molecule has 1 aromatic heterocycles. The van der Waals surface area contributed by atoms with Gasteiger partial charge in [0, 0.05) is 0 Å². The summed E-state index contributed by atoms with van der Waals surface area (Å²) in [6.45, 7) is 3.55. The fourth-order valence-electron chi connectivity index (χ4n) is 2.18. The summed E-state index contributed by atoms with van der Waals surface area (Å²) < 4.78 is 10.2. The van der Waals surface area contributed by atoms with Crippen LogP contribution in [0.25, 0.3) is 0 Å². The summed E-state index contributed by atoms with van der Waals surface area (Å²) in [7, 11) is 0. The fourth-order valence-corrected chi connectivity index (χ4v) is 2.80. The number of hydrogen-bond acceptors (Lipinski definition) is 6. The number of carbonyl (C=O) groups is 3. The Bertz CT molecular complexity index is 624. The van der Waals surface area contributed by atoms with Gasteiger partial charge in [-0.05, 0) is 24.8 Å². The Morgan fingerprint density at radius 3 is 2.65 bits per heavy atom. The van der Waals surface area contributed by atoms with E-state index in [1.54, 1.807) is 24.4 Å². The molecule has 23 heavy (non-hydrogen) atoms. The zero-order valence-corrected chi connectivity index (χ0v) is 13.7. The average Bonchev–Trinajstić information content (AvgIpc) is 3.06. The molecule has 0 aromatic carbocycles. The molecule has 0 aliphatic carbocycles. The quantitative estimate of drug-likeness (QED) is 0.772. The van der Waals surface area contributed by atoms with E-state index in [1.165, 1.54) is 11.3 Å². The molecule has 2 N–H and O–H groups in total. The maximum absolute atomic E-state index is 12.1. The summed E-state index contributed by atoms with van der Waals surface area (Å²) in [6, 6.07) is 2.47. The highest BCUT2D eigenvalue weighted by molar-refractivity contribution is 7.11. The average molecular weight is 338 g/mol. The molecule has 0 unspecified atom stereocenters. The Morgan fingerprint density at radius 1 is 1.26 bits per heavy atom. The summed E-state index contributed by atoms with van der Waals surface area (Å²) in [5.74, 6) is -1.04. The standard InChI is InChI=1S/C15H18N2O5S/c1-3-9-12(14(19)21-4-2)10(17-15(20)16-9)8-22-13(18)11-6-5-7-23-11/h5-7,9H,3-4,8H2,1-2H3,(H2,16,17,20)/t9-/m1/s1. The molecular weight excluding hydrogens is 320 g/mol. The van der Waals surface area contributed by atoms with Gasteiger partial charge in [0.25, 0.3) is 0 Å². The second-order valence-corrected chi connectivity index (χ2v) is 5.67. The van der Waals surface area contributed by atoms with Crippen molar-refractivity contribution in [3.8, 4) is 0 Å². The fraction of sp³-hybridized carbons (Fsp3) is 0.400. The number of amides is 2. The maximum Gasteiger partial charge on any atom is 0.348 e. The Kier molecular flexibility index (Phi) is 5.75. The number of ether oxygens (including phenoxy) is 2. The Labute approximate surface area is 137 Å². The van der Waals surface area contributed by atoms with Crippen molar-refractivity contribution < 1.29 is 23.9 Å². The van der Waals surface area contributed by atoms with Crippen LogP contribution in [-0.4, -0.2) is 37.2 Å². The van der Waals surface area contributed by atoms with Crippen LogP contribution in [-0.2, 0) is 14.3 Å². The van der Waals surface area contributed by atoms with Crippen LogP contribution in [0, 0.1) is 0 Å². The molecule has 7 nitrogen and oxygen atoms in total. The predicted molar refractivity (Wildman–Crippen MR) is 84.0 cm³/mol. The Morgan fingerprint density at radius 2 is 2.04 bits per heavy atom. The summed E-state index contributed by atoms with van der Waals surface area (Å²) in [6.07, 6.45) is 0.518. The predicted octanol–water partition coefficient (Wildman–Crippen LogP) is 1.81. The summed E-state index contributed by atoms with van der Waals surface area (Å²) >= 11 is 1.26. The van der Waals surface area contributed by atoms with Gasteiger partial charge in [0.2, 0.25) is 0 Å². The molecule has 2 rings (SSSR count). The van der Waals surface area contributed by atoms with Crippen LogP contribution in [0.3, 0.4) is 0 Å². The summed E-state index contributed by atoms with van der Waals surface area (Å²) in [5, 5.41) is 6.94. The van der Waals surface area contributed by atoms with Crippen molar-refractivity contribution in [2.24, 2.45) is 0 Å². The normalized spacial score (nSPS) is 17.3. The minimum absolute atomic E-state index is 0.200. The molecule has 124 valence electrons. The van der Waals surface area contributed by atoms with Gasteiger partial charge in [-0.3, -0.25) is 0 Å². The Hall–Kier alpha value is -2.35. The number of carbonyl (C=O) groups excluding carboxylic acids is 3. The smallest absolute Gasteiger partial charge is 0.348 e. The second kappa shape index (κ2) is 7.77. The molecule has 0 spiro atoms. The van der Waals surface area contributed by atoms with Crippen molar-refractivity contribution >= 4 is 29.3 Å². The first-order chi connectivity index (χ1) is 11.1.